The third-order valence-corrected chi connectivity index (χ3v) is 6.82. The smallest absolute Gasteiger partial charge is 0.408 e. The van der Waals surface area contributed by atoms with Crippen molar-refractivity contribution in [3.8, 4) is 0 Å². The summed E-state index contributed by atoms with van der Waals surface area (Å²) in [5.41, 5.74) is 2.67. The number of benzene rings is 2. The number of aryl methyl sites for hydroxylation is 2. The molecule has 220 valence electrons. The molecule has 0 heterocycles. The Morgan fingerprint density at radius 2 is 1.48 bits per heavy atom. The number of hydrogen-bond acceptors (Lipinski definition) is 4. The molecule has 0 fully saturated rings. The summed E-state index contributed by atoms with van der Waals surface area (Å²) in [5, 5.41) is 5.88. The van der Waals surface area contributed by atoms with E-state index in [4.69, 9.17) is 4.74 Å². The number of amides is 3. The van der Waals surface area contributed by atoms with Gasteiger partial charge in [-0.05, 0) is 83.4 Å². The number of rotatable bonds is 11. The molecule has 0 aliphatic carbocycles. The predicted octanol–water partition coefficient (Wildman–Crippen LogP) is 7.19. The predicted molar refractivity (Wildman–Crippen MR) is 162 cm³/mol. The average Bonchev–Trinajstić information content (AvgIpc) is 2.84. The Morgan fingerprint density at radius 1 is 0.875 bits per heavy atom. The first-order valence-corrected chi connectivity index (χ1v) is 14.4. The van der Waals surface area contributed by atoms with E-state index in [0.717, 1.165) is 17.5 Å². The van der Waals surface area contributed by atoms with Crippen molar-refractivity contribution in [2.24, 2.45) is 11.8 Å². The molecule has 0 bridgehead atoms. The van der Waals surface area contributed by atoms with Crippen LogP contribution in [0, 0.1) is 25.7 Å². The van der Waals surface area contributed by atoms with Crippen LogP contribution in [-0.4, -0.2) is 40.5 Å². The Kier molecular flexibility index (Phi) is 11.8. The molecule has 2 aromatic rings. The largest absolute Gasteiger partial charge is 0.444 e. The number of nitrogens with zero attached hydrogens (tertiary/aromatic N) is 1. The molecule has 0 radical (unpaired) electrons. The quantitative estimate of drug-likeness (QED) is 0.309. The third-order valence-electron chi connectivity index (χ3n) is 6.82. The zero-order chi connectivity index (χ0) is 30.2. The second kappa shape index (κ2) is 14.3. The third kappa shape index (κ3) is 9.68. The first-order valence-electron chi connectivity index (χ1n) is 14.4. The average molecular weight is 552 g/mol. The highest BCUT2D eigenvalue weighted by molar-refractivity contribution is 5.99. The van der Waals surface area contributed by atoms with Crippen LogP contribution in [-0.2, 0) is 14.3 Å². The lowest BCUT2D eigenvalue weighted by molar-refractivity contribution is -0.144. The van der Waals surface area contributed by atoms with Gasteiger partial charge in [0.2, 0.25) is 5.91 Å². The van der Waals surface area contributed by atoms with Crippen molar-refractivity contribution in [1.29, 1.82) is 0 Å². The Labute approximate surface area is 241 Å². The number of carbonyl (C=O) groups excluding carboxylic acids is 3. The molecular formula is C33H49N3O4. The SMILES string of the molecule is Cc1ccc(C(C(=O)Nc2ccccc2C)N(C(=O)C(NC(=O)OC(C)(C)C)C(C)C)C(C)CCC(C)C)cc1. The van der Waals surface area contributed by atoms with Crippen molar-refractivity contribution in [2.45, 2.75) is 106 Å². The van der Waals surface area contributed by atoms with E-state index in [1.54, 1.807) is 25.7 Å². The fourth-order valence-corrected chi connectivity index (χ4v) is 4.52. The molecule has 3 amide bonds. The van der Waals surface area contributed by atoms with Gasteiger partial charge in [0, 0.05) is 11.7 Å². The number of carbonyl (C=O) groups is 3. The highest BCUT2D eigenvalue weighted by Crippen LogP contribution is 2.30. The summed E-state index contributed by atoms with van der Waals surface area (Å²) in [6.07, 6.45) is 0.933. The van der Waals surface area contributed by atoms with Crippen molar-refractivity contribution in [3.05, 3.63) is 65.2 Å². The van der Waals surface area contributed by atoms with E-state index in [9.17, 15) is 14.4 Å². The monoisotopic (exact) mass is 551 g/mol. The number of nitrogens with one attached hydrogen (secondary N) is 2. The van der Waals surface area contributed by atoms with E-state index in [1.807, 2.05) is 83.1 Å². The number of alkyl carbamates (subject to hydrolysis) is 1. The molecule has 0 aliphatic heterocycles. The molecule has 3 atom stereocenters. The maximum Gasteiger partial charge on any atom is 0.408 e. The molecule has 0 aliphatic rings. The van der Waals surface area contributed by atoms with Crippen LogP contribution >= 0.6 is 0 Å². The molecule has 2 rings (SSSR count). The van der Waals surface area contributed by atoms with Gasteiger partial charge in [-0.2, -0.15) is 0 Å². The molecule has 2 N–H and O–H groups in total. The van der Waals surface area contributed by atoms with Crippen LogP contribution in [0.3, 0.4) is 0 Å². The molecular weight excluding hydrogens is 502 g/mol. The van der Waals surface area contributed by atoms with Crippen molar-refractivity contribution < 1.29 is 19.1 Å². The molecule has 2 aromatic carbocycles. The van der Waals surface area contributed by atoms with Gasteiger partial charge >= 0.3 is 6.09 Å². The topological polar surface area (TPSA) is 87.7 Å². The number of anilines is 1. The maximum atomic E-state index is 14.5. The van der Waals surface area contributed by atoms with E-state index >= 15 is 0 Å². The van der Waals surface area contributed by atoms with Gasteiger partial charge in [0.1, 0.15) is 17.7 Å². The van der Waals surface area contributed by atoms with Crippen molar-refractivity contribution in [3.63, 3.8) is 0 Å². The Balaban J connectivity index is 2.61. The molecule has 0 saturated carbocycles. The van der Waals surface area contributed by atoms with Gasteiger partial charge in [-0.3, -0.25) is 9.59 Å². The van der Waals surface area contributed by atoms with Crippen LogP contribution in [0.4, 0.5) is 10.5 Å². The first-order chi connectivity index (χ1) is 18.6. The molecule has 7 heteroatoms. The number of para-hydroxylation sites is 1. The van der Waals surface area contributed by atoms with Crippen LogP contribution in [0.5, 0.6) is 0 Å². The normalized spacial score (nSPS) is 13.9. The van der Waals surface area contributed by atoms with Crippen LogP contribution in [0.15, 0.2) is 48.5 Å². The van der Waals surface area contributed by atoms with Gasteiger partial charge in [0.05, 0.1) is 0 Å². The highest BCUT2D eigenvalue weighted by atomic mass is 16.6. The summed E-state index contributed by atoms with van der Waals surface area (Å²) in [7, 11) is 0. The zero-order valence-corrected chi connectivity index (χ0v) is 26.0. The Bertz CT molecular complexity index is 1140. The molecule has 0 aromatic heterocycles. The summed E-state index contributed by atoms with van der Waals surface area (Å²) in [4.78, 5) is 43.0. The molecule has 3 unspecified atom stereocenters. The first kappa shape index (κ1) is 32.9. The van der Waals surface area contributed by atoms with Gasteiger partial charge in [0.25, 0.3) is 5.91 Å². The summed E-state index contributed by atoms with van der Waals surface area (Å²) in [6.45, 7) is 19.3. The van der Waals surface area contributed by atoms with Crippen LogP contribution in [0.2, 0.25) is 0 Å². The van der Waals surface area contributed by atoms with E-state index in [-0.39, 0.29) is 23.8 Å². The second-order valence-corrected chi connectivity index (χ2v) is 12.6. The number of hydrogen-bond donors (Lipinski definition) is 2. The number of ether oxygens (including phenoxy) is 1. The molecule has 0 spiro atoms. The van der Waals surface area contributed by atoms with Gasteiger partial charge in [-0.15, -0.1) is 0 Å². The van der Waals surface area contributed by atoms with Crippen LogP contribution in [0.1, 0.15) is 91.0 Å². The second-order valence-electron chi connectivity index (χ2n) is 12.6. The molecule has 0 saturated heterocycles. The lowest BCUT2D eigenvalue weighted by Gasteiger charge is -2.39. The van der Waals surface area contributed by atoms with E-state index < -0.39 is 23.8 Å². The Morgan fingerprint density at radius 3 is 2.00 bits per heavy atom. The Hall–Kier alpha value is -3.35. The van der Waals surface area contributed by atoms with Crippen LogP contribution < -0.4 is 10.6 Å². The minimum atomic E-state index is -0.906. The fourth-order valence-electron chi connectivity index (χ4n) is 4.52. The van der Waals surface area contributed by atoms with Crippen molar-refractivity contribution in [1.82, 2.24) is 10.2 Å². The van der Waals surface area contributed by atoms with E-state index in [1.165, 1.54) is 0 Å². The zero-order valence-electron chi connectivity index (χ0n) is 26.0. The van der Waals surface area contributed by atoms with Gasteiger partial charge in [-0.25, -0.2) is 4.79 Å². The summed E-state index contributed by atoms with van der Waals surface area (Å²) in [6, 6.07) is 13.2. The van der Waals surface area contributed by atoms with Gasteiger partial charge < -0.3 is 20.3 Å². The standard InChI is InChI=1S/C33H49N3O4/c1-21(2)15-18-25(7)36(31(38)28(22(3)4)35-32(39)40-33(8,9)10)29(26-19-16-23(5)17-20-26)30(37)34-27-14-12-11-13-24(27)6/h11-14,16-17,19-22,25,28-29H,15,18H2,1-10H3,(H,34,37)(H,35,39). The fraction of sp³-hybridized carbons (Fsp3) is 0.545. The van der Waals surface area contributed by atoms with Crippen LogP contribution in [0.25, 0.3) is 0 Å². The summed E-state index contributed by atoms with van der Waals surface area (Å²) in [5.74, 6) is -0.429. The summed E-state index contributed by atoms with van der Waals surface area (Å²) >= 11 is 0. The van der Waals surface area contributed by atoms with Gasteiger partial charge in [-0.1, -0.05) is 75.7 Å². The summed E-state index contributed by atoms with van der Waals surface area (Å²) < 4.78 is 5.49. The minimum Gasteiger partial charge on any atom is -0.444 e. The van der Waals surface area contributed by atoms with E-state index in [0.29, 0.717) is 23.6 Å². The van der Waals surface area contributed by atoms with E-state index in [2.05, 4.69) is 24.5 Å². The highest BCUT2D eigenvalue weighted by Gasteiger charge is 2.40. The lowest BCUT2D eigenvalue weighted by atomic mass is 9.94. The van der Waals surface area contributed by atoms with Crippen molar-refractivity contribution >= 4 is 23.6 Å². The van der Waals surface area contributed by atoms with Gasteiger partial charge in [0.15, 0.2) is 0 Å². The van der Waals surface area contributed by atoms with Crippen molar-refractivity contribution in [2.75, 3.05) is 5.32 Å². The lowest BCUT2D eigenvalue weighted by Crippen LogP contribution is -2.56. The maximum absolute atomic E-state index is 14.5. The molecule has 7 nitrogen and oxygen atoms in total. The molecule has 40 heavy (non-hydrogen) atoms. The minimum absolute atomic E-state index is 0.238.